The van der Waals surface area contributed by atoms with Crippen molar-refractivity contribution in [3.63, 3.8) is 0 Å². The summed E-state index contributed by atoms with van der Waals surface area (Å²) in [4.78, 5) is 45.8. The standard InChI is InChI=1S/C34H36ClF4N9O3/c1-32(2,3)17-34(21-10-7-19(8-11-21)26-41-13-6-14-42-26)29(49)47(30(40)45-34)24(16-51-31(50)46-33(4,5)28(38)39)20-9-12-22(35)23(15-20)48-27(25(36)37)43-18-44-48/h6-15,18,24-25,28H,16-17H2,1-5H3,(H2,40,45)(H,46,50)/t24?,34-/m1/s1. The monoisotopic (exact) mass is 729 g/mol. The molecule has 51 heavy (non-hydrogen) atoms. The van der Waals surface area contributed by atoms with Crippen LogP contribution in [0.1, 0.15) is 70.5 Å². The van der Waals surface area contributed by atoms with Gasteiger partial charge in [-0.15, -0.1) is 0 Å². The van der Waals surface area contributed by atoms with Gasteiger partial charge >= 0.3 is 6.09 Å². The first-order valence-electron chi connectivity index (χ1n) is 15.7. The van der Waals surface area contributed by atoms with Crippen molar-refractivity contribution < 1.29 is 31.9 Å². The molecule has 2 aromatic heterocycles. The van der Waals surface area contributed by atoms with E-state index in [1.807, 2.05) is 20.8 Å². The van der Waals surface area contributed by atoms with E-state index in [1.54, 1.807) is 42.7 Å². The third kappa shape index (κ3) is 7.80. The molecule has 0 saturated heterocycles. The fraction of sp³-hybridized carbons (Fsp3) is 0.382. The molecule has 17 heteroatoms. The lowest BCUT2D eigenvalue weighted by molar-refractivity contribution is -0.135. The summed E-state index contributed by atoms with van der Waals surface area (Å²) in [5.41, 5.74) is 3.99. The highest BCUT2D eigenvalue weighted by molar-refractivity contribution is 6.32. The second kappa shape index (κ2) is 14.2. The Morgan fingerprint density at radius 1 is 1.02 bits per heavy atom. The molecule has 0 spiro atoms. The number of halogens is 5. The number of rotatable bonds is 11. The maximum Gasteiger partial charge on any atom is 0.407 e. The average Bonchev–Trinajstić information content (AvgIpc) is 3.65. The van der Waals surface area contributed by atoms with E-state index < -0.39 is 59.8 Å². The Morgan fingerprint density at radius 3 is 2.29 bits per heavy atom. The van der Waals surface area contributed by atoms with Gasteiger partial charge in [0.2, 0.25) is 0 Å². The summed E-state index contributed by atoms with van der Waals surface area (Å²) >= 11 is 6.43. The molecule has 2 atom stereocenters. The number of amides is 2. The number of guanidine groups is 1. The molecule has 0 bridgehead atoms. The van der Waals surface area contributed by atoms with Crippen molar-refractivity contribution >= 4 is 29.6 Å². The van der Waals surface area contributed by atoms with Gasteiger partial charge in [0.15, 0.2) is 23.1 Å². The van der Waals surface area contributed by atoms with Gasteiger partial charge in [0.1, 0.15) is 12.9 Å². The number of aromatic nitrogens is 5. The van der Waals surface area contributed by atoms with Crippen LogP contribution in [0.5, 0.6) is 0 Å². The van der Waals surface area contributed by atoms with Crippen molar-refractivity contribution in [2.75, 3.05) is 6.61 Å². The zero-order valence-electron chi connectivity index (χ0n) is 28.3. The molecular weight excluding hydrogens is 694 g/mol. The van der Waals surface area contributed by atoms with Crippen molar-refractivity contribution in [1.29, 1.82) is 0 Å². The van der Waals surface area contributed by atoms with Crippen LogP contribution in [0, 0.1) is 5.41 Å². The predicted molar refractivity (Wildman–Crippen MR) is 180 cm³/mol. The Labute approximate surface area is 296 Å². The molecule has 0 saturated carbocycles. The normalized spacial score (nSPS) is 17.2. The molecule has 1 unspecified atom stereocenters. The molecule has 3 heterocycles. The summed E-state index contributed by atoms with van der Waals surface area (Å²) in [7, 11) is 0. The Kier molecular flexibility index (Phi) is 10.4. The number of nitrogens with one attached hydrogen (secondary N) is 1. The van der Waals surface area contributed by atoms with E-state index in [1.165, 1.54) is 18.2 Å². The number of nitrogens with zero attached hydrogens (tertiary/aromatic N) is 7. The Bertz CT molecular complexity index is 1920. The van der Waals surface area contributed by atoms with Gasteiger partial charge in [0, 0.05) is 18.0 Å². The Morgan fingerprint density at radius 2 is 1.69 bits per heavy atom. The lowest BCUT2D eigenvalue weighted by atomic mass is 9.75. The van der Waals surface area contributed by atoms with E-state index >= 15 is 0 Å². The first kappa shape index (κ1) is 37.1. The quantitative estimate of drug-likeness (QED) is 0.164. The van der Waals surface area contributed by atoms with Crippen LogP contribution in [0.25, 0.3) is 17.1 Å². The van der Waals surface area contributed by atoms with Gasteiger partial charge in [-0.3, -0.25) is 9.69 Å². The van der Waals surface area contributed by atoms with Gasteiger partial charge in [-0.1, -0.05) is 62.7 Å². The first-order chi connectivity index (χ1) is 23.9. The van der Waals surface area contributed by atoms with Crippen LogP contribution in [-0.4, -0.2) is 66.2 Å². The smallest absolute Gasteiger partial charge is 0.407 e. The number of aliphatic imine (C=N–C) groups is 1. The van der Waals surface area contributed by atoms with E-state index in [0.29, 0.717) is 17.0 Å². The number of alkyl halides is 4. The number of hydrogen-bond acceptors (Lipinski definition) is 9. The van der Waals surface area contributed by atoms with Crippen LogP contribution >= 0.6 is 11.6 Å². The number of alkyl carbamates (subject to hydrolysis) is 1. The number of hydrogen-bond donors (Lipinski definition) is 2. The summed E-state index contributed by atoms with van der Waals surface area (Å²) in [5.74, 6) is -1.02. The second-order valence-electron chi connectivity index (χ2n) is 13.7. The summed E-state index contributed by atoms with van der Waals surface area (Å²) in [6.45, 7) is 7.42. The van der Waals surface area contributed by atoms with E-state index in [9.17, 15) is 27.2 Å². The zero-order chi connectivity index (χ0) is 37.3. The molecule has 270 valence electrons. The summed E-state index contributed by atoms with van der Waals surface area (Å²) in [6.07, 6.45) is -2.78. The highest BCUT2D eigenvalue weighted by Gasteiger charge is 2.53. The van der Waals surface area contributed by atoms with E-state index in [2.05, 4.69) is 25.4 Å². The summed E-state index contributed by atoms with van der Waals surface area (Å²) in [6, 6.07) is 11.7. The molecule has 3 N–H and O–H groups in total. The van der Waals surface area contributed by atoms with Crippen molar-refractivity contribution in [1.82, 2.24) is 34.9 Å². The highest BCUT2D eigenvalue weighted by atomic mass is 35.5. The molecule has 1 aliphatic rings. The summed E-state index contributed by atoms with van der Waals surface area (Å²) in [5, 5.41) is 6.03. The maximum atomic E-state index is 14.9. The lowest BCUT2D eigenvalue weighted by Crippen LogP contribution is -2.50. The minimum Gasteiger partial charge on any atom is -0.447 e. The van der Waals surface area contributed by atoms with Crippen molar-refractivity contribution in [3.05, 3.63) is 89.2 Å². The second-order valence-corrected chi connectivity index (χ2v) is 14.1. The number of nitrogens with two attached hydrogens (primary N) is 1. The van der Waals surface area contributed by atoms with Crippen LogP contribution < -0.4 is 11.1 Å². The van der Waals surface area contributed by atoms with Crippen molar-refractivity contribution in [3.8, 4) is 17.1 Å². The molecule has 4 aromatic rings. The first-order valence-corrected chi connectivity index (χ1v) is 16.1. The molecular formula is C34H36ClF4N9O3. The lowest BCUT2D eigenvalue weighted by Gasteiger charge is -2.35. The summed E-state index contributed by atoms with van der Waals surface area (Å²) < 4.78 is 61.0. The Balaban J connectivity index is 1.59. The molecule has 2 aromatic carbocycles. The fourth-order valence-corrected chi connectivity index (χ4v) is 5.93. The predicted octanol–water partition coefficient (Wildman–Crippen LogP) is 6.61. The van der Waals surface area contributed by atoms with Crippen molar-refractivity contribution in [2.24, 2.45) is 16.1 Å². The minimum atomic E-state index is -3.01. The Hall–Kier alpha value is -5.12. The number of benzene rings is 2. The molecule has 0 radical (unpaired) electrons. The molecule has 2 amide bonds. The van der Waals surface area contributed by atoms with Crippen LogP contribution in [0.4, 0.5) is 22.4 Å². The third-order valence-electron chi connectivity index (χ3n) is 8.10. The molecule has 12 nitrogen and oxygen atoms in total. The van der Waals surface area contributed by atoms with Gasteiger partial charge in [-0.25, -0.2) is 47.0 Å². The molecule has 0 fully saturated rings. The van der Waals surface area contributed by atoms with Crippen LogP contribution in [-0.2, 0) is 15.1 Å². The SMILES string of the molecule is CC(C)(C)C[C@]1(c2ccc(-c3ncccn3)cc2)N=C(N)N(C(COC(=O)NC(C)(C)C(F)F)c2ccc(Cl)c(-n3ncnc3C(F)F)c2)C1=O. The topological polar surface area (TPSA) is 154 Å². The molecule has 1 aliphatic heterocycles. The van der Waals surface area contributed by atoms with Crippen LogP contribution in [0.15, 0.2) is 72.2 Å². The zero-order valence-corrected chi connectivity index (χ0v) is 29.1. The third-order valence-corrected chi connectivity index (χ3v) is 8.42. The molecule has 5 rings (SSSR count). The maximum absolute atomic E-state index is 14.9. The van der Waals surface area contributed by atoms with Crippen LogP contribution in [0.3, 0.4) is 0 Å². The number of carbonyl (C=O) groups excluding carboxylic acids is 2. The van der Waals surface area contributed by atoms with Gasteiger partial charge in [0.25, 0.3) is 18.8 Å². The number of ether oxygens (including phenoxy) is 1. The fourth-order valence-electron chi connectivity index (χ4n) is 5.73. The van der Waals surface area contributed by atoms with Gasteiger partial charge in [-0.2, -0.15) is 5.10 Å². The van der Waals surface area contributed by atoms with Crippen molar-refractivity contribution in [2.45, 2.75) is 71.0 Å². The number of carbonyl (C=O) groups is 2. The molecule has 0 aliphatic carbocycles. The minimum absolute atomic E-state index is 0.0150. The van der Waals surface area contributed by atoms with Crippen LogP contribution in [0.2, 0.25) is 5.02 Å². The van der Waals surface area contributed by atoms with Gasteiger partial charge < -0.3 is 15.8 Å². The van der Waals surface area contributed by atoms with E-state index in [0.717, 1.165) is 29.8 Å². The van der Waals surface area contributed by atoms with Gasteiger partial charge in [0.05, 0.1) is 22.3 Å². The highest BCUT2D eigenvalue weighted by Crippen LogP contribution is 2.45. The van der Waals surface area contributed by atoms with Gasteiger partial charge in [-0.05, 0) is 55.0 Å². The average molecular weight is 730 g/mol. The van der Waals surface area contributed by atoms with E-state index in [4.69, 9.17) is 27.1 Å². The van der Waals surface area contributed by atoms with E-state index in [-0.39, 0.29) is 28.7 Å². The largest absolute Gasteiger partial charge is 0.447 e.